The van der Waals surface area contributed by atoms with Crippen LogP contribution in [0.1, 0.15) is 19.4 Å². The maximum atomic E-state index is 12.7. The van der Waals surface area contributed by atoms with Crippen LogP contribution in [0.25, 0.3) is 17.2 Å². The van der Waals surface area contributed by atoms with Crippen molar-refractivity contribution in [2.45, 2.75) is 20.0 Å². The summed E-state index contributed by atoms with van der Waals surface area (Å²) in [5, 5.41) is 5.29. The number of benzene rings is 3. The van der Waals surface area contributed by atoms with Crippen molar-refractivity contribution < 1.29 is 19.1 Å². The Hall–Kier alpha value is -4.19. The van der Waals surface area contributed by atoms with Gasteiger partial charge in [-0.25, -0.2) is 4.79 Å². The summed E-state index contributed by atoms with van der Waals surface area (Å²) in [6.45, 7) is 2.77. The molecule has 162 valence electrons. The van der Waals surface area contributed by atoms with Crippen molar-refractivity contribution in [3.63, 3.8) is 0 Å². The van der Waals surface area contributed by atoms with Gasteiger partial charge in [0, 0.05) is 18.2 Å². The Bertz CT molecular complexity index is 1120. The first kappa shape index (κ1) is 22.5. The Kier molecular flexibility index (Phi) is 7.54. The number of esters is 1. The number of carbonyl (C=O) groups excluding carboxylic acids is 3. The molecule has 1 unspecified atom stereocenters. The number of para-hydroxylation sites is 1. The van der Waals surface area contributed by atoms with Crippen LogP contribution in [-0.4, -0.2) is 23.9 Å². The molecule has 0 aliphatic rings. The second-order valence-corrected chi connectivity index (χ2v) is 7.10. The van der Waals surface area contributed by atoms with Gasteiger partial charge < -0.3 is 15.4 Å². The smallest absolute Gasteiger partial charge is 0.355 e. The van der Waals surface area contributed by atoms with Gasteiger partial charge >= 0.3 is 5.97 Å². The molecule has 0 radical (unpaired) electrons. The number of hydrogen-bond acceptors (Lipinski definition) is 4. The van der Waals surface area contributed by atoms with E-state index in [-0.39, 0.29) is 5.70 Å². The van der Waals surface area contributed by atoms with E-state index in [1.807, 2.05) is 66.7 Å². The lowest BCUT2D eigenvalue weighted by molar-refractivity contribution is -0.149. The van der Waals surface area contributed by atoms with Crippen molar-refractivity contribution in [3.8, 4) is 11.1 Å². The average molecular weight is 428 g/mol. The lowest BCUT2D eigenvalue weighted by Crippen LogP contribution is -2.34. The predicted octanol–water partition coefficient (Wildman–Crippen LogP) is 4.40. The Balaban J connectivity index is 1.73. The fraction of sp³-hybridized carbons (Fsp3) is 0.115. The molecule has 0 spiro atoms. The average Bonchev–Trinajstić information content (AvgIpc) is 2.80. The van der Waals surface area contributed by atoms with Crippen molar-refractivity contribution in [2.75, 3.05) is 5.32 Å². The van der Waals surface area contributed by atoms with E-state index >= 15 is 0 Å². The maximum absolute atomic E-state index is 12.7. The number of ether oxygens (including phenoxy) is 1. The summed E-state index contributed by atoms with van der Waals surface area (Å²) in [6.07, 6.45) is 0.415. The van der Waals surface area contributed by atoms with Gasteiger partial charge in [-0.3, -0.25) is 9.59 Å². The van der Waals surface area contributed by atoms with Gasteiger partial charge in [-0.15, -0.1) is 0 Å². The van der Waals surface area contributed by atoms with E-state index in [1.54, 1.807) is 18.2 Å². The van der Waals surface area contributed by atoms with Crippen molar-refractivity contribution in [3.05, 3.63) is 96.2 Å². The van der Waals surface area contributed by atoms with Gasteiger partial charge in [0.1, 0.15) is 5.70 Å². The van der Waals surface area contributed by atoms with E-state index in [9.17, 15) is 14.4 Å². The van der Waals surface area contributed by atoms with Gasteiger partial charge in [0.05, 0.1) is 0 Å². The molecule has 2 amide bonds. The Morgan fingerprint density at radius 3 is 2.09 bits per heavy atom. The molecule has 1 atom stereocenters. The highest BCUT2D eigenvalue weighted by molar-refractivity contribution is 6.02. The zero-order chi connectivity index (χ0) is 22.9. The molecule has 0 saturated heterocycles. The monoisotopic (exact) mass is 428 g/mol. The molecule has 0 aromatic heterocycles. The fourth-order valence-electron chi connectivity index (χ4n) is 3.03. The number of carbonyl (C=O) groups is 3. The zero-order valence-electron chi connectivity index (χ0n) is 17.9. The van der Waals surface area contributed by atoms with Gasteiger partial charge in [-0.2, -0.15) is 0 Å². The number of amides is 2. The first-order valence-corrected chi connectivity index (χ1v) is 10.1. The predicted molar refractivity (Wildman–Crippen MR) is 124 cm³/mol. The van der Waals surface area contributed by atoms with E-state index < -0.39 is 23.9 Å². The molecule has 3 aromatic rings. The van der Waals surface area contributed by atoms with E-state index in [4.69, 9.17) is 4.74 Å². The summed E-state index contributed by atoms with van der Waals surface area (Å²) in [4.78, 5) is 36.9. The molecule has 0 fully saturated rings. The first-order chi connectivity index (χ1) is 15.4. The molecule has 0 aliphatic heterocycles. The molecule has 6 heteroatoms. The van der Waals surface area contributed by atoms with Crippen molar-refractivity contribution in [1.82, 2.24) is 5.32 Å². The minimum atomic E-state index is -1.08. The van der Waals surface area contributed by atoms with Crippen molar-refractivity contribution >= 4 is 29.5 Å². The SMILES string of the molecule is CC(=O)N/C(=C\c1ccccc1)C(=O)OC(C)C(=O)Nc1ccccc1-c1ccccc1. The molecular formula is C26H24N2O4. The normalized spacial score (nSPS) is 11.9. The zero-order valence-corrected chi connectivity index (χ0v) is 17.9. The lowest BCUT2D eigenvalue weighted by atomic mass is 10.0. The summed E-state index contributed by atoms with van der Waals surface area (Å²) < 4.78 is 5.33. The Labute approximate surface area is 186 Å². The maximum Gasteiger partial charge on any atom is 0.355 e. The molecule has 0 aliphatic carbocycles. The highest BCUT2D eigenvalue weighted by Crippen LogP contribution is 2.27. The Morgan fingerprint density at radius 2 is 1.44 bits per heavy atom. The van der Waals surface area contributed by atoms with Gasteiger partial charge in [0.25, 0.3) is 5.91 Å². The molecule has 2 N–H and O–H groups in total. The summed E-state index contributed by atoms with van der Waals surface area (Å²) in [5.41, 5.74) is 3.07. The lowest BCUT2D eigenvalue weighted by Gasteiger charge is -2.17. The molecule has 32 heavy (non-hydrogen) atoms. The van der Waals surface area contributed by atoms with Crippen LogP contribution in [0.2, 0.25) is 0 Å². The van der Waals surface area contributed by atoms with Crippen LogP contribution in [0.5, 0.6) is 0 Å². The topological polar surface area (TPSA) is 84.5 Å². The van der Waals surface area contributed by atoms with E-state index in [2.05, 4.69) is 10.6 Å². The number of rotatable bonds is 7. The van der Waals surface area contributed by atoms with Crippen LogP contribution >= 0.6 is 0 Å². The minimum absolute atomic E-state index is 0.0481. The molecule has 0 heterocycles. The summed E-state index contributed by atoms with van der Waals surface area (Å²) >= 11 is 0. The third kappa shape index (κ3) is 6.15. The number of anilines is 1. The number of hydrogen-bond donors (Lipinski definition) is 2. The quantitative estimate of drug-likeness (QED) is 0.432. The Morgan fingerprint density at radius 1 is 0.844 bits per heavy atom. The molecular weight excluding hydrogens is 404 g/mol. The standard InChI is InChI=1S/C26H24N2O4/c1-18(32-26(31)24(27-19(2)29)17-20-11-5-3-6-12-20)25(30)28-23-16-10-9-15-22(23)21-13-7-4-8-14-21/h3-18H,1-2H3,(H,27,29)(H,28,30)/b24-17-. The molecule has 3 rings (SSSR count). The minimum Gasteiger partial charge on any atom is -0.448 e. The summed E-state index contributed by atoms with van der Waals surface area (Å²) in [5.74, 6) is -1.70. The van der Waals surface area contributed by atoms with Crippen molar-refractivity contribution in [1.29, 1.82) is 0 Å². The third-order valence-electron chi connectivity index (χ3n) is 4.56. The first-order valence-electron chi connectivity index (χ1n) is 10.1. The van der Waals surface area contributed by atoms with Crippen molar-refractivity contribution in [2.24, 2.45) is 0 Å². The second-order valence-electron chi connectivity index (χ2n) is 7.10. The molecule has 0 bridgehead atoms. The summed E-state index contributed by atoms with van der Waals surface area (Å²) in [7, 11) is 0. The summed E-state index contributed by atoms with van der Waals surface area (Å²) in [6, 6.07) is 26.1. The van der Waals surface area contributed by atoms with E-state index in [1.165, 1.54) is 19.9 Å². The number of nitrogens with one attached hydrogen (secondary N) is 2. The van der Waals surface area contributed by atoms with E-state index in [0.29, 0.717) is 11.3 Å². The van der Waals surface area contributed by atoms with Gasteiger partial charge in [0.15, 0.2) is 6.10 Å². The van der Waals surface area contributed by atoms with Crippen LogP contribution in [-0.2, 0) is 19.1 Å². The van der Waals surface area contributed by atoms with Crippen LogP contribution in [0, 0.1) is 0 Å². The van der Waals surface area contributed by atoms with Crippen LogP contribution < -0.4 is 10.6 Å². The van der Waals surface area contributed by atoms with Gasteiger partial charge in [-0.1, -0.05) is 78.9 Å². The molecule has 0 saturated carbocycles. The van der Waals surface area contributed by atoms with Gasteiger partial charge in [-0.05, 0) is 30.2 Å². The van der Waals surface area contributed by atoms with Crippen LogP contribution in [0.3, 0.4) is 0 Å². The largest absolute Gasteiger partial charge is 0.448 e. The third-order valence-corrected chi connectivity index (χ3v) is 4.56. The van der Waals surface area contributed by atoms with Crippen LogP contribution in [0.4, 0.5) is 5.69 Å². The second kappa shape index (κ2) is 10.7. The van der Waals surface area contributed by atoms with Crippen LogP contribution in [0.15, 0.2) is 90.6 Å². The molecule has 6 nitrogen and oxygen atoms in total. The fourth-order valence-corrected chi connectivity index (χ4v) is 3.03. The molecule has 3 aromatic carbocycles. The van der Waals surface area contributed by atoms with E-state index in [0.717, 1.165) is 11.1 Å². The van der Waals surface area contributed by atoms with Gasteiger partial charge in [0.2, 0.25) is 5.91 Å². The highest BCUT2D eigenvalue weighted by Gasteiger charge is 2.22. The highest BCUT2D eigenvalue weighted by atomic mass is 16.5.